The van der Waals surface area contributed by atoms with Gasteiger partial charge in [-0.25, -0.2) is 0 Å². The van der Waals surface area contributed by atoms with E-state index in [2.05, 4.69) is 195 Å². The Labute approximate surface area is 314 Å². The quantitative estimate of drug-likeness (QED) is 0.143. The molecule has 0 saturated carbocycles. The molecule has 46 heavy (non-hydrogen) atoms. The van der Waals surface area contributed by atoms with Gasteiger partial charge in [0.1, 0.15) is 0 Å². The first-order valence-corrected chi connectivity index (χ1v) is 20.6. The number of rotatable bonds is 0. The van der Waals surface area contributed by atoms with E-state index in [0.29, 0.717) is 0 Å². The maximum atomic E-state index is 3.38. The van der Waals surface area contributed by atoms with E-state index in [-0.39, 0.29) is 0 Å². The van der Waals surface area contributed by atoms with E-state index in [9.17, 15) is 0 Å². The van der Waals surface area contributed by atoms with Gasteiger partial charge in [-0.05, 0) is 164 Å². The highest BCUT2D eigenvalue weighted by Crippen LogP contribution is 2.24. The lowest BCUT2D eigenvalue weighted by Crippen LogP contribution is -1.79. The van der Waals surface area contributed by atoms with Crippen molar-refractivity contribution in [3.8, 4) is 0 Å². The molecule has 7 rings (SSSR count). The summed E-state index contributed by atoms with van der Waals surface area (Å²) >= 11 is 15.7. The van der Waals surface area contributed by atoms with Crippen LogP contribution in [0.25, 0.3) is 10.1 Å². The molecular weight excluding hydrogens is 789 g/mol. The molecule has 0 unspecified atom stereocenters. The van der Waals surface area contributed by atoms with Crippen molar-refractivity contribution >= 4 is 98.6 Å². The van der Waals surface area contributed by atoms with E-state index in [1.165, 1.54) is 65.0 Å². The molecule has 5 aromatic heterocycles. The molecule has 0 N–H and O–H groups in total. The first kappa shape index (κ1) is 40.3. The number of halogens is 2. The van der Waals surface area contributed by atoms with Crippen LogP contribution in [0.2, 0.25) is 0 Å². The zero-order chi connectivity index (χ0) is 34.1. The van der Waals surface area contributed by atoms with Gasteiger partial charge in [-0.15, -0.1) is 56.7 Å². The van der Waals surface area contributed by atoms with Crippen LogP contribution in [0.3, 0.4) is 0 Å². The first-order chi connectivity index (χ1) is 21.8. The van der Waals surface area contributed by atoms with Crippen LogP contribution in [0.1, 0.15) is 46.0 Å². The summed E-state index contributed by atoms with van der Waals surface area (Å²) in [6, 6.07) is 29.8. The van der Waals surface area contributed by atoms with Gasteiger partial charge >= 0.3 is 0 Å². The van der Waals surface area contributed by atoms with Crippen LogP contribution in [0.4, 0.5) is 0 Å². The van der Waals surface area contributed by atoms with Gasteiger partial charge in [0.2, 0.25) is 0 Å². The second kappa shape index (κ2) is 21.9. The normalized spacial score (nSPS) is 9.63. The lowest BCUT2D eigenvalue weighted by molar-refractivity contribution is 1.30. The van der Waals surface area contributed by atoms with Gasteiger partial charge < -0.3 is 0 Å². The molecule has 0 fully saturated rings. The minimum atomic E-state index is 1.19. The second-order valence-corrected chi connectivity index (χ2v) is 18.5. The van der Waals surface area contributed by atoms with E-state index in [0.717, 1.165) is 0 Å². The summed E-state index contributed by atoms with van der Waals surface area (Å²) < 4.78 is 3.80. The molecule has 244 valence electrons. The fourth-order valence-electron chi connectivity index (χ4n) is 3.70. The molecule has 0 aliphatic heterocycles. The minimum absolute atomic E-state index is 1.19. The van der Waals surface area contributed by atoms with Crippen LogP contribution >= 0.6 is 88.5 Å². The molecule has 0 nitrogen and oxygen atoms in total. The molecule has 7 aromatic rings. The summed E-state index contributed by atoms with van der Waals surface area (Å²) in [5.74, 6) is 0. The number of aryl methyl sites for hydroxylation is 9. The SMILES string of the molecule is Cc1cc(Br)cs1.Cc1cc2ccccc2s1.Cc1ccc(C)c(C)c1.Cc1ccc(C)s1.Cc1cccs1.Cc1sccc1Br. The molecule has 0 amide bonds. The third-order valence-corrected chi connectivity index (χ3v) is 12.6. The van der Waals surface area contributed by atoms with Gasteiger partial charge in [0.25, 0.3) is 0 Å². The summed E-state index contributed by atoms with van der Waals surface area (Å²) in [6.45, 7) is 19.1. The molecule has 7 heteroatoms. The molecule has 0 atom stereocenters. The molecule has 0 saturated heterocycles. The van der Waals surface area contributed by atoms with E-state index in [1.807, 2.05) is 22.7 Å². The van der Waals surface area contributed by atoms with Crippen molar-refractivity contribution in [2.45, 2.75) is 62.3 Å². The lowest BCUT2D eigenvalue weighted by atomic mass is 10.1. The number of fused-ring (bicyclic) bond motifs is 1. The van der Waals surface area contributed by atoms with Crippen LogP contribution in [0, 0.1) is 62.3 Å². The number of thiophene rings is 5. The van der Waals surface area contributed by atoms with Crippen molar-refractivity contribution < 1.29 is 0 Å². The van der Waals surface area contributed by atoms with Gasteiger partial charge in [0.05, 0.1) is 0 Å². The zero-order valence-electron chi connectivity index (χ0n) is 28.1. The summed E-state index contributed by atoms with van der Waals surface area (Å²) in [7, 11) is 0. The van der Waals surface area contributed by atoms with Gasteiger partial charge in [0, 0.05) is 48.3 Å². The van der Waals surface area contributed by atoms with Crippen molar-refractivity contribution in [1.82, 2.24) is 0 Å². The average molecular weight is 833 g/mol. The molecule has 5 heterocycles. The van der Waals surface area contributed by atoms with Crippen molar-refractivity contribution in [3.63, 3.8) is 0 Å². The van der Waals surface area contributed by atoms with Crippen molar-refractivity contribution in [1.29, 1.82) is 0 Å². The van der Waals surface area contributed by atoms with E-state index in [1.54, 1.807) is 34.0 Å². The summed E-state index contributed by atoms with van der Waals surface area (Å²) in [4.78, 5) is 8.28. The van der Waals surface area contributed by atoms with E-state index in [4.69, 9.17) is 0 Å². The zero-order valence-corrected chi connectivity index (χ0v) is 35.4. The van der Waals surface area contributed by atoms with Gasteiger partial charge in [-0.3, -0.25) is 0 Å². The van der Waals surface area contributed by atoms with Crippen LogP contribution in [0.15, 0.2) is 110 Å². The predicted molar refractivity (Wildman–Crippen MR) is 224 cm³/mol. The highest BCUT2D eigenvalue weighted by molar-refractivity contribution is 9.10. The molecule has 0 aliphatic carbocycles. The van der Waals surface area contributed by atoms with Crippen LogP contribution < -0.4 is 0 Å². The Morgan fingerprint density at radius 3 is 1.52 bits per heavy atom. The minimum Gasteiger partial charge on any atom is -0.149 e. The third-order valence-electron chi connectivity index (χ3n) is 6.24. The predicted octanol–water partition coefficient (Wildman–Crippen LogP) is 15.9. The maximum Gasteiger partial charge on any atom is 0.0345 e. The number of hydrogen-bond acceptors (Lipinski definition) is 5. The Morgan fingerprint density at radius 2 is 1.17 bits per heavy atom. The molecule has 0 bridgehead atoms. The maximum absolute atomic E-state index is 3.38. The third kappa shape index (κ3) is 16.8. The Hall–Kier alpha value is -1.84. The lowest BCUT2D eigenvalue weighted by Gasteiger charge is -1.98. The summed E-state index contributed by atoms with van der Waals surface area (Å²) in [5, 5.41) is 7.59. The topological polar surface area (TPSA) is 0 Å². The number of benzene rings is 2. The van der Waals surface area contributed by atoms with Crippen LogP contribution in [0.5, 0.6) is 0 Å². The highest BCUT2D eigenvalue weighted by atomic mass is 79.9. The van der Waals surface area contributed by atoms with Crippen molar-refractivity contribution in [2.24, 2.45) is 0 Å². The average Bonchev–Trinajstić information content (AvgIpc) is 3.85. The second-order valence-electron chi connectivity index (χ2n) is 10.6. The van der Waals surface area contributed by atoms with Crippen molar-refractivity contribution in [3.05, 3.63) is 156 Å². The highest BCUT2D eigenvalue weighted by Gasteiger charge is 1.94. The van der Waals surface area contributed by atoms with Crippen LogP contribution in [-0.4, -0.2) is 0 Å². The fraction of sp³-hybridized carbons (Fsp3) is 0.231. The molecule has 0 radical (unpaired) electrons. The smallest absolute Gasteiger partial charge is 0.0345 e. The Morgan fingerprint density at radius 1 is 0.478 bits per heavy atom. The van der Waals surface area contributed by atoms with E-state index < -0.39 is 0 Å². The Bertz CT molecular complexity index is 1700. The van der Waals surface area contributed by atoms with E-state index >= 15 is 0 Å². The Balaban J connectivity index is 0.000000194. The monoisotopic (exact) mass is 830 g/mol. The standard InChI is InChI=1S/C9H8S.C9H12.C6H8S.2C5H5BrS.C5H6S/c1-7-6-8-4-2-3-5-9(8)10-7;1-7-4-5-8(2)9(3)6-7;1-5-3-4-6(2)7-5;1-4-2-5(6)3-7-4;1-4-5(6)2-3-7-4;1-5-3-2-4-6-5/h2-6H,1H3;4-6H,1-3H3;3-4H,1-2H3;2*2-3H,1H3;2-4H,1H3. The molecular formula is C39H44Br2S5. The summed E-state index contributed by atoms with van der Waals surface area (Å²) in [6.07, 6.45) is 0. The van der Waals surface area contributed by atoms with Gasteiger partial charge in [0.15, 0.2) is 0 Å². The largest absolute Gasteiger partial charge is 0.149 e. The van der Waals surface area contributed by atoms with Gasteiger partial charge in [-0.1, -0.05) is 48.0 Å². The summed E-state index contributed by atoms with van der Waals surface area (Å²) in [5.41, 5.74) is 4.11. The fourth-order valence-corrected chi connectivity index (χ4v) is 8.45. The molecule has 0 aliphatic rings. The van der Waals surface area contributed by atoms with Crippen molar-refractivity contribution in [2.75, 3.05) is 0 Å². The molecule has 2 aromatic carbocycles. The van der Waals surface area contributed by atoms with Crippen LogP contribution in [-0.2, 0) is 0 Å². The number of hydrogen-bond donors (Lipinski definition) is 0. The first-order valence-electron chi connectivity index (χ1n) is 14.8. The van der Waals surface area contributed by atoms with Gasteiger partial charge in [-0.2, -0.15) is 0 Å². The Kier molecular flexibility index (Phi) is 19.2. The molecule has 0 spiro atoms.